The van der Waals surface area contributed by atoms with Crippen LogP contribution in [0.25, 0.3) is 0 Å². The van der Waals surface area contributed by atoms with E-state index in [1.165, 1.54) is 0 Å². The third-order valence-electron chi connectivity index (χ3n) is 1.52. The van der Waals surface area contributed by atoms with Crippen molar-refractivity contribution in [2.24, 2.45) is 0 Å². The average Bonchev–Trinajstić information content (AvgIpc) is 1.84. The standard InChI is InChI=1S/C7H18B2O2/c1-3-5-6(4-2)11-7(8,9)10/h6,10H,3-5,8-9H2,1-2H3. The van der Waals surface area contributed by atoms with E-state index in [1.807, 2.05) is 0 Å². The van der Waals surface area contributed by atoms with E-state index in [0.29, 0.717) is 0 Å². The molecule has 0 saturated heterocycles. The third kappa shape index (κ3) is 6.45. The highest BCUT2D eigenvalue weighted by Gasteiger charge is 2.17. The zero-order chi connectivity index (χ0) is 8.91. The molecule has 0 bridgehead atoms. The van der Waals surface area contributed by atoms with Crippen LogP contribution in [0, 0.1) is 0 Å². The molecule has 0 aromatic heterocycles. The Morgan fingerprint density at radius 3 is 2.27 bits per heavy atom. The zero-order valence-corrected chi connectivity index (χ0v) is 8.05. The van der Waals surface area contributed by atoms with Gasteiger partial charge in [-0.15, -0.1) is 0 Å². The number of rotatable bonds is 5. The maximum Gasteiger partial charge on any atom is 0.165 e. The number of hydrogen-bond acceptors (Lipinski definition) is 2. The maximum atomic E-state index is 9.32. The topological polar surface area (TPSA) is 29.5 Å². The molecule has 0 aliphatic rings. The Kier molecular flexibility index (Phi) is 4.86. The summed E-state index contributed by atoms with van der Waals surface area (Å²) >= 11 is 0. The summed E-state index contributed by atoms with van der Waals surface area (Å²) in [6.45, 7) is 4.20. The van der Waals surface area contributed by atoms with Gasteiger partial charge in [0.2, 0.25) is 0 Å². The van der Waals surface area contributed by atoms with Crippen LogP contribution in [0.2, 0.25) is 0 Å². The van der Waals surface area contributed by atoms with E-state index in [2.05, 4.69) is 13.8 Å². The first-order valence-corrected chi connectivity index (χ1v) is 4.39. The van der Waals surface area contributed by atoms with Gasteiger partial charge in [-0.1, -0.05) is 20.3 Å². The summed E-state index contributed by atoms with van der Waals surface area (Å²) in [4.78, 5) is 0. The molecule has 0 spiro atoms. The van der Waals surface area contributed by atoms with Crippen LogP contribution < -0.4 is 0 Å². The van der Waals surface area contributed by atoms with Gasteiger partial charge in [0.05, 0.1) is 11.7 Å². The molecule has 1 atom stereocenters. The Labute approximate surface area is 71.1 Å². The van der Waals surface area contributed by atoms with Gasteiger partial charge in [0, 0.05) is 0 Å². The van der Waals surface area contributed by atoms with Crippen molar-refractivity contribution in [1.29, 1.82) is 0 Å². The highest BCUT2D eigenvalue weighted by Crippen LogP contribution is 2.10. The van der Waals surface area contributed by atoms with Crippen molar-refractivity contribution < 1.29 is 9.84 Å². The molecule has 0 heterocycles. The van der Waals surface area contributed by atoms with E-state index in [0.717, 1.165) is 19.3 Å². The molecular weight excluding hydrogens is 138 g/mol. The summed E-state index contributed by atoms with van der Waals surface area (Å²) in [7, 11) is 3.34. The SMILES string of the molecule is BC(B)(O)OC(CC)CCC. The van der Waals surface area contributed by atoms with Crippen molar-refractivity contribution in [2.75, 3.05) is 0 Å². The second-order valence-corrected chi connectivity index (χ2v) is 3.38. The first-order valence-electron chi connectivity index (χ1n) is 4.39. The van der Waals surface area contributed by atoms with Crippen molar-refractivity contribution in [1.82, 2.24) is 0 Å². The summed E-state index contributed by atoms with van der Waals surface area (Å²) in [5.74, 6) is 0. The molecule has 64 valence electrons. The summed E-state index contributed by atoms with van der Waals surface area (Å²) in [5, 5.41) is 9.32. The molecule has 11 heavy (non-hydrogen) atoms. The molecule has 0 aromatic rings. The van der Waals surface area contributed by atoms with E-state index >= 15 is 0 Å². The van der Waals surface area contributed by atoms with Gasteiger partial charge >= 0.3 is 0 Å². The third-order valence-corrected chi connectivity index (χ3v) is 1.52. The molecule has 4 heteroatoms. The van der Waals surface area contributed by atoms with Crippen molar-refractivity contribution in [2.45, 2.75) is 44.8 Å². The van der Waals surface area contributed by atoms with Gasteiger partial charge in [0.25, 0.3) is 0 Å². The Hall–Kier alpha value is 0.0499. The molecule has 1 N–H and O–H groups in total. The Morgan fingerprint density at radius 1 is 1.45 bits per heavy atom. The fourth-order valence-corrected chi connectivity index (χ4v) is 1.08. The molecule has 0 saturated carbocycles. The van der Waals surface area contributed by atoms with Crippen LogP contribution in [0.15, 0.2) is 0 Å². The first kappa shape index (κ1) is 11.0. The summed E-state index contributed by atoms with van der Waals surface area (Å²) in [6, 6.07) is 0. The minimum atomic E-state index is -0.976. The molecule has 0 rings (SSSR count). The molecule has 1 unspecified atom stereocenters. The zero-order valence-electron chi connectivity index (χ0n) is 8.05. The Morgan fingerprint density at radius 2 is 2.00 bits per heavy atom. The highest BCUT2D eigenvalue weighted by molar-refractivity contribution is 6.37. The lowest BCUT2D eigenvalue weighted by Gasteiger charge is -2.25. The predicted molar refractivity (Wildman–Crippen MR) is 52.1 cm³/mol. The maximum absolute atomic E-state index is 9.32. The minimum absolute atomic E-state index is 0.208. The normalized spacial score (nSPS) is 14.8. The number of aliphatic hydroxyl groups is 1. The van der Waals surface area contributed by atoms with Crippen molar-refractivity contribution in [3.8, 4) is 0 Å². The number of hydrogen-bond donors (Lipinski definition) is 1. The summed E-state index contributed by atoms with van der Waals surface area (Å²) in [5.41, 5.74) is -0.976. The van der Waals surface area contributed by atoms with E-state index in [9.17, 15) is 5.11 Å². The van der Waals surface area contributed by atoms with Crippen LogP contribution in [-0.2, 0) is 4.74 Å². The first-order chi connectivity index (χ1) is 4.99. The highest BCUT2D eigenvalue weighted by atomic mass is 16.6. The summed E-state index contributed by atoms with van der Waals surface area (Å²) in [6.07, 6.45) is 3.31. The Bertz CT molecular complexity index is 101. The van der Waals surface area contributed by atoms with Crippen LogP contribution in [0.4, 0.5) is 0 Å². The quantitative estimate of drug-likeness (QED) is 0.427. The van der Waals surface area contributed by atoms with Crippen LogP contribution in [0.5, 0.6) is 0 Å². The van der Waals surface area contributed by atoms with Gasteiger partial charge in [-0.3, -0.25) is 0 Å². The van der Waals surface area contributed by atoms with Crippen LogP contribution in [0.3, 0.4) is 0 Å². The lowest BCUT2D eigenvalue weighted by molar-refractivity contribution is -0.118. The fraction of sp³-hybridized carbons (Fsp3) is 1.00. The molecule has 0 radical (unpaired) electrons. The van der Waals surface area contributed by atoms with Crippen LogP contribution in [-0.4, -0.2) is 32.5 Å². The van der Waals surface area contributed by atoms with Gasteiger partial charge < -0.3 is 9.84 Å². The van der Waals surface area contributed by atoms with Crippen molar-refractivity contribution >= 4 is 15.7 Å². The predicted octanol–water partition coefficient (Wildman–Crippen LogP) is -0.549. The van der Waals surface area contributed by atoms with Crippen LogP contribution >= 0.6 is 0 Å². The molecule has 0 aliphatic heterocycles. The fourth-order valence-electron chi connectivity index (χ4n) is 1.08. The molecule has 0 fully saturated rings. The van der Waals surface area contributed by atoms with E-state index in [1.54, 1.807) is 15.7 Å². The van der Waals surface area contributed by atoms with Gasteiger partial charge in [-0.2, -0.15) is 0 Å². The Balaban J connectivity index is 3.68. The second-order valence-electron chi connectivity index (χ2n) is 3.38. The van der Waals surface area contributed by atoms with Gasteiger partial charge in [0.15, 0.2) is 15.7 Å². The molecule has 0 aromatic carbocycles. The lowest BCUT2D eigenvalue weighted by atomic mass is 9.76. The smallest absolute Gasteiger partial charge is 0.165 e. The van der Waals surface area contributed by atoms with Crippen molar-refractivity contribution in [3.63, 3.8) is 0 Å². The van der Waals surface area contributed by atoms with Gasteiger partial charge in [-0.25, -0.2) is 0 Å². The van der Waals surface area contributed by atoms with Crippen molar-refractivity contribution in [3.05, 3.63) is 0 Å². The molecular formula is C7H18B2O2. The monoisotopic (exact) mass is 156 g/mol. The van der Waals surface area contributed by atoms with Crippen LogP contribution in [0.1, 0.15) is 33.1 Å². The van der Waals surface area contributed by atoms with E-state index in [4.69, 9.17) is 4.74 Å². The average molecular weight is 156 g/mol. The van der Waals surface area contributed by atoms with E-state index in [-0.39, 0.29) is 6.10 Å². The lowest BCUT2D eigenvalue weighted by Crippen LogP contribution is -2.37. The largest absolute Gasteiger partial charge is 0.382 e. The van der Waals surface area contributed by atoms with Gasteiger partial charge in [-0.05, 0) is 12.8 Å². The van der Waals surface area contributed by atoms with E-state index < -0.39 is 5.59 Å². The second kappa shape index (κ2) is 4.83. The molecule has 2 nitrogen and oxygen atoms in total. The minimum Gasteiger partial charge on any atom is -0.382 e. The summed E-state index contributed by atoms with van der Waals surface area (Å²) < 4.78 is 5.38. The van der Waals surface area contributed by atoms with Gasteiger partial charge in [0.1, 0.15) is 0 Å². The molecule has 0 aliphatic carbocycles. The number of ether oxygens (including phenoxy) is 1. The molecule has 0 amide bonds.